The molecule has 3 N–H and O–H groups in total. The zero-order valence-electron chi connectivity index (χ0n) is 17.8. The molecular weight excluding hydrogens is 462 g/mol. The molecule has 0 spiro atoms. The van der Waals surface area contributed by atoms with Crippen molar-refractivity contribution in [2.24, 2.45) is 0 Å². The van der Waals surface area contributed by atoms with Crippen molar-refractivity contribution in [3.8, 4) is 0 Å². The van der Waals surface area contributed by atoms with E-state index in [1.165, 1.54) is 35.6 Å². The molecule has 0 unspecified atom stereocenters. The molecule has 0 saturated carbocycles. The summed E-state index contributed by atoms with van der Waals surface area (Å²) in [7, 11) is -3.84. The average Bonchev–Trinajstić information content (AvgIpc) is 3.27. The van der Waals surface area contributed by atoms with Crippen LogP contribution in [0.5, 0.6) is 0 Å². The first-order valence-electron chi connectivity index (χ1n) is 10.1. The lowest BCUT2D eigenvalue weighted by Gasteiger charge is -2.10. The zero-order valence-corrected chi connectivity index (χ0v) is 19.5. The Balaban J connectivity index is 1.52. The van der Waals surface area contributed by atoms with Crippen LogP contribution in [0.15, 0.2) is 71.6 Å². The number of hydrogen-bond acceptors (Lipinski definition) is 6. The van der Waals surface area contributed by atoms with Gasteiger partial charge in [0, 0.05) is 29.8 Å². The second kappa shape index (κ2) is 11.0. The standard InChI is InChI=1S/C23H23N3O5S2/c1-16-10-12-21(32-16)20(27)11-13-22(28)25-26-23(29)18-8-5-9-19(14-18)33(30,31)24-15-17-6-3-2-4-7-17/h2-10,12,14,24H,11,13,15H2,1H3,(H,25,28)(H,26,29). The number of hydrazine groups is 1. The number of thiophene rings is 1. The number of benzene rings is 2. The zero-order chi connectivity index (χ0) is 23.8. The number of ketones is 1. The van der Waals surface area contributed by atoms with Crippen LogP contribution in [-0.4, -0.2) is 26.0 Å². The van der Waals surface area contributed by atoms with E-state index >= 15 is 0 Å². The molecule has 0 bridgehead atoms. The van der Waals surface area contributed by atoms with E-state index in [-0.39, 0.29) is 35.6 Å². The Morgan fingerprint density at radius 2 is 1.64 bits per heavy atom. The summed E-state index contributed by atoms with van der Waals surface area (Å²) < 4.78 is 27.6. The van der Waals surface area contributed by atoms with Gasteiger partial charge in [0.05, 0.1) is 9.77 Å². The maximum Gasteiger partial charge on any atom is 0.269 e. The van der Waals surface area contributed by atoms with Crippen LogP contribution in [0.2, 0.25) is 0 Å². The normalized spacial score (nSPS) is 11.1. The summed E-state index contributed by atoms with van der Waals surface area (Å²) in [5, 5.41) is 0. The molecule has 1 aromatic heterocycles. The molecule has 33 heavy (non-hydrogen) atoms. The second-order valence-corrected chi connectivity index (χ2v) is 10.2. The van der Waals surface area contributed by atoms with Crippen molar-refractivity contribution in [2.45, 2.75) is 31.2 Å². The van der Waals surface area contributed by atoms with Crippen LogP contribution in [0.4, 0.5) is 0 Å². The molecule has 0 fully saturated rings. The smallest absolute Gasteiger partial charge is 0.269 e. The molecule has 8 nitrogen and oxygen atoms in total. The Hall–Kier alpha value is -3.34. The van der Waals surface area contributed by atoms with Crippen LogP contribution in [-0.2, 0) is 21.4 Å². The highest BCUT2D eigenvalue weighted by Crippen LogP contribution is 2.17. The van der Waals surface area contributed by atoms with Gasteiger partial charge in [0.25, 0.3) is 5.91 Å². The van der Waals surface area contributed by atoms with Crippen LogP contribution in [0, 0.1) is 6.92 Å². The minimum absolute atomic E-state index is 0.0163. The van der Waals surface area contributed by atoms with Gasteiger partial charge < -0.3 is 0 Å². The van der Waals surface area contributed by atoms with Crippen molar-refractivity contribution in [2.75, 3.05) is 0 Å². The predicted octanol–water partition coefficient (Wildman–Crippen LogP) is 2.96. The number of sulfonamides is 1. The van der Waals surface area contributed by atoms with Gasteiger partial charge in [-0.1, -0.05) is 36.4 Å². The molecule has 0 aliphatic heterocycles. The summed E-state index contributed by atoms with van der Waals surface area (Å²) in [6, 6.07) is 18.1. The van der Waals surface area contributed by atoms with Crippen molar-refractivity contribution in [3.05, 3.63) is 87.6 Å². The number of carbonyl (C=O) groups excluding carboxylic acids is 3. The molecule has 0 aliphatic rings. The molecule has 172 valence electrons. The van der Waals surface area contributed by atoms with E-state index in [4.69, 9.17) is 0 Å². The molecule has 0 radical (unpaired) electrons. The Labute approximate surface area is 196 Å². The summed E-state index contributed by atoms with van der Waals surface area (Å²) in [6.45, 7) is 2.00. The van der Waals surface area contributed by atoms with Gasteiger partial charge in [0.2, 0.25) is 15.9 Å². The van der Waals surface area contributed by atoms with E-state index in [2.05, 4.69) is 15.6 Å². The van der Waals surface area contributed by atoms with Gasteiger partial charge >= 0.3 is 0 Å². The number of hydrogen-bond donors (Lipinski definition) is 3. The lowest BCUT2D eigenvalue weighted by atomic mass is 10.2. The van der Waals surface area contributed by atoms with E-state index in [1.807, 2.05) is 31.2 Å². The topological polar surface area (TPSA) is 121 Å². The summed E-state index contributed by atoms with van der Waals surface area (Å²) in [6.07, 6.45) is -0.0731. The molecule has 0 aliphatic carbocycles. The molecule has 10 heteroatoms. The molecule has 2 aromatic carbocycles. The molecule has 0 atom stereocenters. The van der Waals surface area contributed by atoms with Gasteiger partial charge in [-0.2, -0.15) is 0 Å². The quantitative estimate of drug-likeness (QED) is 0.318. The van der Waals surface area contributed by atoms with E-state index in [9.17, 15) is 22.8 Å². The van der Waals surface area contributed by atoms with E-state index in [1.54, 1.807) is 18.2 Å². The Morgan fingerprint density at radius 3 is 2.33 bits per heavy atom. The first-order chi connectivity index (χ1) is 15.7. The molecule has 0 saturated heterocycles. The third kappa shape index (κ3) is 7.07. The van der Waals surface area contributed by atoms with Gasteiger partial charge in [-0.25, -0.2) is 13.1 Å². The summed E-state index contributed by atoms with van der Waals surface area (Å²) >= 11 is 1.36. The van der Waals surface area contributed by atoms with Gasteiger partial charge in [0.1, 0.15) is 0 Å². The fraction of sp³-hybridized carbons (Fsp3) is 0.174. The Bertz CT molecular complexity index is 1250. The van der Waals surface area contributed by atoms with Crippen molar-refractivity contribution in [3.63, 3.8) is 0 Å². The average molecular weight is 486 g/mol. The highest BCUT2D eigenvalue weighted by atomic mass is 32.2. The summed E-state index contributed by atoms with van der Waals surface area (Å²) in [5.74, 6) is -1.35. The first kappa shape index (κ1) is 24.3. The van der Waals surface area contributed by atoms with Crippen molar-refractivity contribution in [1.29, 1.82) is 0 Å². The Kier molecular flexibility index (Phi) is 8.10. The van der Waals surface area contributed by atoms with E-state index in [0.717, 1.165) is 10.4 Å². The van der Waals surface area contributed by atoms with Gasteiger partial charge in [-0.3, -0.25) is 25.2 Å². The van der Waals surface area contributed by atoms with E-state index < -0.39 is 21.8 Å². The predicted molar refractivity (Wildman–Crippen MR) is 125 cm³/mol. The number of nitrogens with one attached hydrogen (secondary N) is 3. The van der Waals surface area contributed by atoms with Crippen molar-refractivity contribution >= 4 is 39.0 Å². The van der Waals surface area contributed by atoms with Gasteiger partial charge in [-0.15, -0.1) is 11.3 Å². The summed E-state index contributed by atoms with van der Waals surface area (Å²) in [5.41, 5.74) is 5.34. The van der Waals surface area contributed by atoms with E-state index in [0.29, 0.717) is 4.88 Å². The largest absolute Gasteiger partial charge is 0.293 e. The maximum atomic E-state index is 12.6. The van der Waals surface area contributed by atoms with Crippen molar-refractivity contribution in [1.82, 2.24) is 15.6 Å². The maximum absolute atomic E-state index is 12.6. The van der Waals surface area contributed by atoms with Crippen molar-refractivity contribution < 1.29 is 22.8 Å². The fourth-order valence-corrected chi connectivity index (χ4v) is 4.76. The van der Waals surface area contributed by atoms with Crippen LogP contribution >= 0.6 is 11.3 Å². The number of amides is 2. The molecular formula is C23H23N3O5S2. The SMILES string of the molecule is Cc1ccc(C(=O)CCC(=O)NNC(=O)c2cccc(S(=O)(=O)NCc3ccccc3)c2)s1. The number of Topliss-reactive ketones (excluding diaryl/α,β-unsaturated/α-hetero) is 1. The minimum atomic E-state index is -3.84. The molecule has 2 amide bonds. The lowest BCUT2D eigenvalue weighted by Crippen LogP contribution is -2.41. The highest BCUT2D eigenvalue weighted by molar-refractivity contribution is 7.89. The molecule has 3 rings (SSSR count). The fourth-order valence-electron chi connectivity index (χ4n) is 2.86. The number of rotatable bonds is 9. The Morgan fingerprint density at radius 1 is 0.879 bits per heavy atom. The number of aryl methyl sites for hydroxylation is 1. The third-order valence-electron chi connectivity index (χ3n) is 4.63. The van der Waals surface area contributed by atoms with Crippen LogP contribution in [0.1, 0.15) is 43.3 Å². The molecule has 1 heterocycles. The second-order valence-electron chi connectivity index (χ2n) is 7.17. The van der Waals surface area contributed by atoms with Crippen LogP contribution in [0.3, 0.4) is 0 Å². The molecule has 3 aromatic rings. The van der Waals surface area contributed by atoms with Gasteiger partial charge in [-0.05, 0) is 42.8 Å². The third-order valence-corrected chi connectivity index (χ3v) is 7.07. The van der Waals surface area contributed by atoms with Gasteiger partial charge in [0.15, 0.2) is 5.78 Å². The van der Waals surface area contributed by atoms with Crippen LogP contribution in [0.25, 0.3) is 0 Å². The lowest BCUT2D eigenvalue weighted by molar-refractivity contribution is -0.121. The first-order valence-corrected chi connectivity index (χ1v) is 12.4. The van der Waals surface area contributed by atoms with Crippen LogP contribution < -0.4 is 15.6 Å². The number of carbonyl (C=O) groups is 3. The monoisotopic (exact) mass is 485 g/mol. The highest BCUT2D eigenvalue weighted by Gasteiger charge is 2.17. The minimum Gasteiger partial charge on any atom is -0.293 e. The summed E-state index contributed by atoms with van der Waals surface area (Å²) in [4.78, 5) is 37.9.